The summed E-state index contributed by atoms with van der Waals surface area (Å²) in [5.41, 5.74) is 1.31. The van der Waals surface area contributed by atoms with Crippen LogP contribution in [0.1, 0.15) is 49.9 Å². The number of thiophene rings is 1. The summed E-state index contributed by atoms with van der Waals surface area (Å²) in [6.45, 7) is 4.19. The SMILES string of the molecule is CCC(Cl)c1nc2scc(C3(C)CC3)c2c(=O)[nH]1. The normalized spacial score (nSPS) is 19.1. The molecular weight excluding hydrogens is 268 g/mol. The van der Waals surface area contributed by atoms with Gasteiger partial charge in [-0.05, 0) is 35.6 Å². The van der Waals surface area contributed by atoms with Crippen molar-refractivity contribution in [1.82, 2.24) is 9.97 Å². The minimum absolute atomic E-state index is 0.0431. The molecule has 0 aromatic carbocycles. The first-order chi connectivity index (χ1) is 8.55. The van der Waals surface area contributed by atoms with Crippen molar-refractivity contribution in [2.75, 3.05) is 0 Å². The maximum Gasteiger partial charge on any atom is 0.259 e. The van der Waals surface area contributed by atoms with Gasteiger partial charge in [0.2, 0.25) is 0 Å². The lowest BCUT2D eigenvalue weighted by Gasteiger charge is -2.08. The standard InChI is InChI=1S/C13H15ClN2OS/c1-3-8(14)10-15-11(17)9-7(13(2)4-5-13)6-18-12(9)16-10/h6,8H,3-5H2,1-2H3,(H,15,16,17). The third-order valence-electron chi connectivity index (χ3n) is 3.77. The molecule has 1 fully saturated rings. The van der Waals surface area contributed by atoms with Crippen LogP contribution >= 0.6 is 22.9 Å². The van der Waals surface area contributed by atoms with Crippen LogP contribution in [0.3, 0.4) is 0 Å². The van der Waals surface area contributed by atoms with Crippen LogP contribution in [0, 0.1) is 0 Å². The summed E-state index contributed by atoms with van der Waals surface area (Å²) in [6.07, 6.45) is 3.08. The van der Waals surface area contributed by atoms with Gasteiger partial charge in [-0.2, -0.15) is 0 Å². The third kappa shape index (κ3) is 1.79. The number of fused-ring (bicyclic) bond motifs is 1. The van der Waals surface area contributed by atoms with Gasteiger partial charge >= 0.3 is 0 Å². The molecule has 2 aromatic heterocycles. The summed E-state index contributed by atoms with van der Waals surface area (Å²) in [6, 6.07) is 0. The molecule has 2 aromatic rings. The first kappa shape index (κ1) is 12.2. The largest absolute Gasteiger partial charge is 0.309 e. The predicted molar refractivity (Wildman–Crippen MR) is 75.7 cm³/mol. The number of hydrogen-bond acceptors (Lipinski definition) is 3. The number of hydrogen-bond donors (Lipinski definition) is 1. The van der Waals surface area contributed by atoms with Crippen molar-refractivity contribution in [2.45, 2.75) is 43.9 Å². The highest BCUT2D eigenvalue weighted by Gasteiger charge is 2.41. The molecule has 2 heterocycles. The van der Waals surface area contributed by atoms with Gasteiger partial charge in [0.05, 0.1) is 10.8 Å². The molecule has 1 saturated carbocycles. The number of alkyl halides is 1. The van der Waals surface area contributed by atoms with E-state index in [1.807, 2.05) is 6.92 Å². The smallest absolute Gasteiger partial charge is 0.259 e. The third-order valence-corrected chi connectivity index (χ3v) is 5.16. The van der Waals surface area contributed by atoms with Crippen molar-refractivity contribution in [1.29, 1.82) is 0 Å². The molecule has 1 unspecified atom stereocenters. The predicted octanol–water partition coefficient (Wildman–Crippen LogP) is 3.73. The Morgan fingerprint density at radius 2 is 2.33 bits per heavy atom. The van der Waals surface area contributed by atoms with Crippen LogP contribution in [0.5, 0.6) is 0 Å². The first-order valence-electron chi connectivity index (χ1n) is 6.21. The molecule has 0 bridgehead atoms. The van der Waals surface area contributed by atoms with E-state index >= 15 is 0 Å². The molecule has 3 nitrogen and oxygen atoms in total. The van der Waals surface area contributed by atoms with Gasteiger partial charge in [0.25, 0.3) is 5.56 Å². The second kappa shape index (κ2) is 4.07. The topological polar surface area (TPSA) is 45.8 Å². The lowest BCUT2D eigenvalue weighted by Crippen LogP contribution is -2.14. The van der Waals surface area contributed by atoms with Gasteiger partial charge in [-0.1, -0.05) is 13.8 Å². The molecule has 1 aliphatic carbocycles. The molecule has 1 atom stereocenters. The molecule has 1 N–H and O–H groups in total. The van der Waals surface area contributed by atoms with Crippen molar-refractivity contribution >= 4 is 33.2 Å². The van der Waals surface area contributed by atoms with E-state index in [0.29, 0.717) is 5.82 Å². The van der Waals surface area contributed by atoms with Crippen LogP contribution in [0.4, 0.5) is 0 Å². The van der Waals surface area contributed by atoms with Crippen LogP contribution in [-0.2, 0) is 5.41 Å². The van der Waals surface area contributed by atoms with Crippen LogP contribution < -0.4 is 5.56 Å². The Bertz CT molecular complexity index is 657. The van der Waals surface area contributed by atoms with Crippen LogP contribution in [0.15, 0.2) is 10.2 Å². The molecule has 0 aliphatic heterocycles. The lowest BCUT2D eigenvalue weighted by molar-refractivity contribution is 0.791. The van der Waals surface area contributed by atoms with Crippen molar-refractivity contribution in [3.8, 4) is 0 Å². The Morgan fingerprint density at radius 1 is 1.61 bits per heavy atom. The molecule has 5 heteroatoms. The highest BCUT2D eigenvalue weighted by molar-refractivity contribution is 7.16. The average molecular weight is 283 g/mol. The number of nitrogens with zero attached hydrogens (tertiary/aromatic N) is 1. The van der Waals surface area contributed by atoms with Crippen LogP contribution in [0.25, 0.3) is 10.2 Å². The van der Waals surface area contributed by atoms with Gasteiger partial charge in [-0.3, -0.25) is 4.79 Å². The van der Waals surface area contributed by atoms with E-state index < -0.39 is 0 Å². The number of nitrogens with one attached hydrogen (secondary N) is 1. The Morgan fingerprint density at radius 3 is 2.94 bits per heavy atom. The summed E-state index contributed by atoms with van der Waals surface area (Å²) in [5, 5.41) is 2.63. The lowest BCUT2D eigenvalue weighted by atomic mass is 9.99. The van der Waals surface area contributed by atoms with Crippen molar-refractivity contribution in [3.05, 3.63) is 27.1 Å². The maximum absolute atomic E-state index is 12.2. The minimum Gasteiger partial charge on any atom is -0.309 e. The molecule has 0 amide bonds. The molecule has 3 rings (SSSR count). The molecule has 96 valence electrons. The van der Waals surface area contributed by atoms with Gasteiger partial charge in [0, 0.05) is 0 Å². The van der Waals surface area contributed by atoms with Gasteiger partial charge in [0.1, 0.15) is 10.7 Å². The van der Waals surface area contributed by atoms with Crippen LogP contribution in [-0.4, -0.2) is 9.97 Å². The van der Waals surface area contributed by atoms with Crippen LogP contribution in [0.2, 0.25) is 0 Å². The molecule has 18 heavy (non-hydrogen) atoms. The number of halogens is 1. The zero-order valence-corrected chi connectivity index (χ0v) is 12.0. The van der Waals surface area contributed by atoms with E-state index in [4.69, 9.17) is 11.6 Å². The second-order valence-electron chi connectivity index (χ2n) is 5.22. The fourth-order valence-electron chi connectivity index (χ4n) is 2.21. The van der Waals surface area contributed by atoms with E-state index in [1.54, 1.807) is 11.3 Å². The van der Waals surface area contributed by atoms with E-state index in [9.17, 15) is 4.79 Å². The van der Waals surface area contributed by atoms with Gasteiger partial charge in [0.15, 0.2) is 0 Å². The summed E-state index contributed by atoms with van der Waals surface area (Å²) in [5.74, 6) is 0.589. The van der Waals surface area contributed by atoms with E-state index in [0.717, 1.165) is 35.0 Å². The van der Waals surface area contributed by atoms with Gasteiger partial charge < -0.3 is 4.98 Å². The Kier molecular flexibility index (Phi) is 2.75. The highest BCUT2D eigenvalue weighted by Crippen LogP contribution is 2.50. The zero-order chi connectivity index (χ0) is 12.9. The summed E-state index contributed by atoms with van der Waals surface area (Å²) in [4.78, 5) is 20.4. The number of H-pyrrole nitrogens is 1. The Hall–Kier alpha value is -0.870. The minimum atomic E-state index is -0.218. The molecular formula is C13H15ClN2OS. The highest BCUT2D eigenvalue weighted by atomic mass is 35.5. The monoisotopic (exact) mass is 282 g/mol. The van der Waals surface area contributed by atoms with E-state index in [-0.39, 0.29) is 16.4 Å². The fourth-order valence-corrected chi connectivity index (χ4v) is 3.41. The molecule has 0 spiro atoms. The van der Waals surface area contributed by atoms with Crippen molar-refractivity contribution in [2.24, 2.45) is 0 Å². The summed E-state index contributed by atoms with van der Waals surface area (Å²) in [7, 11) is 0. The fraction of sp³-hybridized carbons (Fsp3) is 0.538. The van der Waals surface area contributed by atoms with Crippen molar-refractivity contribution < 1.29 is 0 Å². The number of aromatic nitrogens is 2. The average Bonchev–Trinajstić information content (AvgIpc) is 2.93. The molecule has 0 radical (unpaired) electrons. The second-order valence-corrected chi connectivity index (χ2v) is 6.60. The van der Waals surface area contributed by atoms with Gasteiger partial charge in [-0.15, -0.1) is 22.9 Å². The molecule has 0 saturated heterocycles. The van der Waals surface area contributed by atoms with E-state index in [2.05, 4.69) is 22.3 Å². The number of aromatic amines is 1. The quantitative estimate of drug-likeness (QED) is 0.872. The summed E-state index contributed by atoms with van der Waals surface area (Å²) >= 11 is 7.69. The first-order valence-corrected chi connectivity index (χ1v) is 7.53. The zero-order valence-electron chi connectivity index (χ0n) is 10.4. The van der Waals surface area contributed by atoms with Gasteiger partial charge in [-0.25, -0.2) is 4.98 Å². The Balaban J connectivity index is 2.20. The Labute approximate surface area is 114 Å². The maximum atomic E-state index is 12.2. The summed E-state index contributed by atoms with van der Waals surface area (Å²) < 4.78 is 0. The van der Waals surface area contributed by atoms with E-state index in [1.165, 1.54) is 0 Å². The number of rotatable bonds is 3. The van der Waals surface area contributed by atoms with Crippen molar-refractivity contribution in [3.63, 3.8) is 0 Å². The molecule has 1 aliphatic rings.